The van der Waals surface area contributed by atoms with Crippen molar-refractivity contribution in [2.24, 2.45) is 5.10 Å². The molecule has 0 fully saturated rings. The first-order valence-corrected chi connectivity index (χ1v) is 14.3. The molecule has 0 heterocycles. The summed E-state index contributed by atoms with van der Waals surface area (Å²) in [6.07, 6.45) is 3.65. The highest BCUT2D eigenvalue weighted by atomic mass is 79.9. The summed E-state index contributed by atoms with van der Waals surface area (Å²) in [6, 6.07) is 21.7. The lowest BCUT2D eigenvalue weighted by Gasteiger charge is -2.24. The van der Waals surface area contributed by atoms with Crippen molar-refractivity contribution in [2.75, 3.05) is 18.0 Å². The fraction of sp³-hybridized carbons (Fsp3) is 0.172. The molecule has 5 rings (SSSR count). The van der Waals surface area contributed by atoms with Gasteiger partial charge in [-0.25, -0.2) is 13.8 Å². The molecular weight excluding hydrogens is 566 g/mol. The Morgan fingerprint density at radius 2 is 1.79 bits per heavy atom. The molecule has 0 atom stereocenters. The molecule has 194 valence electrons. The maximum atomic E-state index is 13.7. The molecule has 0 spiro atoms. The number of halogens is 1. The maximum Gasteiger partial charge on any atom is 0.264 e. The van der Waals surface area contributed by atoms with Gasteiger partial charge in [-0.2, -0.15) is 5.10 Å². The van der Waals surface area contributed by atoms with Crippen LogP contribution in [-0.2, 0) is 27.7 Å². The van der Waals surface area contributed by atoms with Crippen LogP contribution in [0.2, 0.25) is 0 Å². The lowest BCUT2D eigenvalue weighted by atomic mass is 10.0. The summed E-state index contributed by atoms with van der Waals surface area (Å²) in [5.41, 5.74) is 7.37. The Labute approximate surface area is 230 Å². The van der Waals surface area contributed by atoms with E-state index < -0.39 is 22.5 Å². The number of hydrogen-bond acceptors (Lipinski definition) is 5. The van der Waals surface area contributed by atoms with Gasteiger partial charge >= 0.3 is 0 Å². The van der Waals surface area contributed by atoms with Crippen LogP contribution in [0, 0.1) is 6.92 Å². The monoisotopic (exact) mass is 591 g/mol. The summed E-state index contributed by atoms with van der Waals surface area (Å²) >= 11 is 3.35. The summed E-state index contributed by atoms with van der Waals surface area (Å²) < 4.78 is 34.1. The number of aryl methyl sites for hydroxylation is 3. The Hall–Kier alpha value is -3.69. The zero-order valence-corrected chi connectivity index (χ0v) is 23.3. The van der Waals surface area contributed by atoms with Gasteiger partial charge in [0, 0.05) is 5.56 Å². The average Bonchev–Trinajstić information content (AvgIpc) is 3.33. The van der Waals surface area contributed by atoms with Crippen molar-refractivity contribution in [3.8, 4) is 5.75 Å². The number of benzene rings is 4. The number of amides is 1. The van der Waals surface area contributed by atoms with E-state index in [1.54, 1.807) is 36.5 Å². The quantitative estimate of drug-likeness (QED) is 0.220. The van der Waals surface area contributed by atoms with Crippen LogP contribution in [-0.4, -0.2) is 34.2 Å². The number of methoxy groups -OCH3 is 1. The van der Waals surface area contributed by atoms with Gasteiger partial charge < -0.3 is 4.74 Å². The van der Waals surface area contributed by atoms with Gasteiger partial charge in [-0.05, 0) is 87.9 Å². The predicted octanol–water partition coefficient (Wildman–Crippen LogP) is 5.36. The van der Waals surface area contributed by atoms with Crippen molar-refractivity contribution in [1.82, 2.24) is 5.43 Å². The Balaban J connectivity index is 1.40. The van der Waals surface area contributed by atoms with Gasteiger partial charge in [0.2, 0.25) is 0 Å². The van der Waals surface area contributed by atoms with Gasteiger partial charge in [0.25, 0.3) is 15.9 Å². The summed E-state index contributed by atoms with van der Waals surface area (Å²) in [7, 11) is -2.58. The van der Waals surface area contributed by atoms with Crippen molar-refractivity contribution < 1.29 is 17.9 Å². The minimum Gasteiger partial charge on any atom is -0.496 e. The van der Waals surface area contributed by atoms with E-state index in [-0.39, 0.29) is 4.90 Å². The molecule has 1 N–H and O–H groups in total. The van der Waals surface area contributed by atoms with Crippen LogP contribution in [0.3, 0.4) is 0 Å². The summed E-state index contributed by atoms with van der Waals surface area (Å²) in [5, 5.41) is 6.50. The number of carbonyl (C=O) groups excluding carboxylic acids is 1. The summed E-state index contributed by atoms with van der Waals surface area (Å²) in [5.74, 6) is -0.0649. The number of hydrogen-bond donors (Lipinski definition) is 1. The van der Waals surface area contributed by atoms with Gasteiger partial charge in [-0.15, -0.1) is 0 Å². The van der Waals surface area contributed by atoms with Gasteiger partial charge in [-0.1, -0.05) is 48.0 Å². The number of hydrazone groups is 1. The van der Waals surface area contributed by atoms with Crippen LogP contribution in [0.4, 0.5) is 5.69 Å². The number of anilines is 1. The third-order valence-electron chi connectivity index (χ3n) is 6.62. The smallest absolute Gasteiger partial charge is 0.264 e. The zero-order chi connectivity index (χ0) is 26.9. The highest BCUT2D eigenvalue weighted by Gasteiger charge is 2.28. The van der Waals surface area contributed by atoms with Gasteiger partial charge in [0.15, 0.2) is 0 Å². The summed E-state index contributed by atoms with van der Waals surface area (Å²) in [6.45, 7) is 1.46. The highest BCUT2D eigenvalue weighted by Crippen LogP contribution is 2.33. The Morgan fingerprint density at radius 1 is 1.05 bits per heavy atom. The molecule has 0 unspecified atom stereocenters. The number of sulfonamides is 1. The molecule has 0 radical (unpaired) electrons. The van der Waals surface area contributed by atoms with Gasteiger partial charge in [-0.3, -0.25) is 9.10 Å². The highest BCUT2D eigenvalue weighted by molar-refractivity contribution is 9.10. The molecule has 0 saturated carbocycles. The molecular formula is C29H26BrN3O4S. The van der Waals surface area contributed by atoms with Crippen molar-refractivity contribution in [2.45, 2.75) is 24.7 Å². The van der Waals surface area contributed by atoms with E-state index >= 15 is 0 Å². The summed E-state index contributed by atoms with van der Waals surface area (Å²) in [4.78, 5) is 13.0. The third kappa shape index (κ3) is 5.04. The normalized spacial score (nSPS) is 12.7. The third-order valence-corrected chi connectivity index (χ3v) is 9.01. The van der Waals surface area contributed by atoms with Crippen LogP contribution in [0.15, 0.2) is 87.3 Å². The molecule has 1 aliphatic carbocycles. The van der Waals surface area contributed by atoms with E-state index in [0.717, 1.165) is 33.7 Å². The molecule has 4 aromatic rings. The lowest BCUT2D eigenvalue weighted by Crippen LogP contribution is -2.39. The first kappa shape index (κ1) is 25.9. The molecule has 0 aliphatic heterocycles. The second-order valence-electron chi connectivity index (χ2n) is 9.09. The van der Waals surface area contributed by atoms with E-state index in [1.807, 2.05) is 19.1 Å². The molecule has 4 aromatic carbocycles. The Bertz CT molecular complexity index is 1660. The number of nitrogens with one attached hydrogen (secondary N) is 1. The van der Waals surface area contributed by atoms with Crippen LogP contribution in [0.25, 0.3) is 10.8 Å². The van der Waals surface area contributed by atoms with Crippen molar-refractivity contribution in [1.29, 1.82) is 0 Å². The number of rotatable bonds is 8. The van der Waals surface area contributed by atoms with Crippen LogP contribution in [0.1, 0.15) is 22.3 Å². The second kappa shape index (κ2) is 10.6. The molecule has 1 aliphatic rings. The molecule has 0 saturated heterocycles. The molecule has 0 aromatic heterocycles. The van der Waals surface area contributed by atoms with E-state index in [9.17, 15) is 13.2 Å². The number of carbonyl (C=O) groups is 1. The molecule has 0 bridgehead atoms. The van der Waals surface area contributed by atoms with Crippen LogP contribution < -0.4 is 14.5 Å². The standard InChI is InChI=1S/C29H26BrN3O4S/c1-19-6-12-23(13-7-19)33(38(35,36)24-14-15-27(37-2)26(30)16-24)18-28(34)32-31-17-22-11-10-21-9-8-20-4-3-5-25(22)29(20)21/h3-7,10-17H,8-9,18H2,1-2H3,(H,32,34)/b31-17-. The minimum atomic E-state index is -4.08. The van der Waals surface area contributed by atoms with Crippen LogP contribution >= 0.6 is 15.9 Å². The van der Waals surface area contributed by atoms with E-state index in [0.29, 0.717) is 15.9 Å². The topological polar surface area (TPSA) is 88.1 Å². The largest absolute Gasteiger partial charge is 0.496 e. The van der Waals surface area contributed by atoms with E-state index in [4.69, 9.17) is 4.74 Å². The maximum absolute atomic E-state index is 13.7. The molecule has 1 amide bonds. The fourth-order valence-corrected chi connectivity index (χ4v) is 6.82. The van der Waals surface area contributed by atoms with Gasteiger partial charge in [0.05, 0.1) is 28.4 Å². The van der Waals surface area contributed by atoms with Crippen LogP contribution in [0.5, 0.6) is 5.75 Å². The average molecular weight is 593 g/mol. The first-order chi connectivity index (χ1) is 18.3. The van der Waals surface area contributed by atoms with Crippen molar-refractivity contribution >= 4 is 54.5 Å². The molecule has 9 heteroatoms. The Kier molecular flexibility index (Phi) is 7.23. The predicted molar refractivity (Wildman–Crippen MR) is 153 cm³/mol. The zero-order valence-electron chi connectivity index (χ0n) is 20.9. The first-order valence-electron chi connectivity index (χ1n) is 12.1. The minimum absolute atomic E-state index is 0.0231. The number of ether oxygens (including phenoxy) is 1. The van der Waals surface area contributed by atoms with Crippen molar-refractivity contribution in [3.63, 3.8) is 0 Å². The SMILES string of the molecule is COc1ccc(S(=O)(=O)N(CC(=O)N/N=C\c2ccc3c4c(cccc24)CC3)c2ccc(C)cc2)cc1Br. The van der Waals surface area contributed by atoms with Crippen molar-refractivity contribution in [3.05, 3.63) is 99.5 Å². The van der Waals surface area contributed by atoms with E-state index in [2.05, 4.69) is 44.7 Å². The van der Waals surface area contributed by atoms with Gasteiger partial charge in [0.1, 0.15) is 12.3 Å². The molecule has 38 heavy (non-hydrogen) atoms. The second-order valence-corrected chi connectivity index (χ2v) is 11.8. The lowest BCUT2D eigenvalue weighted by molar-refractivity contribution is -0.119. The fourth-order valence-electron chi connectivity index (χ4n) is 4.68. The number of nitrogens with zero attached hydrogens (tertiary/aromatic N) is 2. The Morgan fingerprint density at radius 3 is 2.50 bits per heavy atom. The molecule has 7 nitrogen and oxygen atoms in total. The van der Waals surface area contributed by atoms with E-state index in [1.165, 1.54) is 35.8 Å².